The molecular formula is C15H22FNO. The van der Waals surface area contributed by atoms with Crippen LogP contribution in [0.1, 0.15) is 31.2 Å². The molecule has 3 heteroatoms. The summed E-state index contributed by atoms with van der Waals surface area (Å²) in [4.78, 5) is 0. The highest BCUT2D eigenvalue weighted by Crippen LogP contribution is 2.28. The van der Waals surface area contributed by atoms with Crippen LogP contribution in [0.15, 0.2) is 18.2 Å². The van der Waals surface area contributed by atoms with Gasteiger partial charge in [0, 0.05) is 6.04 Å². The number of aryl methyl sites for hydroxylation is 1. The number of benzene rings is 1. The van der Waals surface area contributed by atoms with Gasteiger partial charge in [-0.05, 0) is 62.9 Å². The number of rotatable bonds is 5. The van der Waals surface area contributed by atoms with Crippen molar-refractivity contribution in [2.45, 2.75) is 38.6 Å². The molecule has 0 heterocycles. The summed E-state index contributed by atoms with van der Waals surface area (Å²) in [6.07, 6.45) is 4.95. The third-order valence-corrected chi connectivity index (χ3v) is 3.91. The van der Waals surface area contributed by atoms with Crippen LogP contribution >= 0.6 is 0 Å². The van der Waals surface area contributed by atoms with Gasteiger partial charge < -0.3 is 10.1 Å². The van der Waals surface area contributed by atoms with Crippen LogP contribution in [0.25, 0.3) is 0 Å². The first-order valence-electron chi connectivity index (χ1n) is 6.77. The smallest absolute Gasteiger partial charge is 0.123 e. The van der Waals surface area contributed by atoms with Crippen molar-refractivity contribution in [1.82, 2.24) is 5.32 Å². The molecule has 1 aliphatic carbocycles. The largest absolute Gasteiger partial charge is 0.493 e. The van der Waals surface area contributed by atoms with Gasteiger partial charge in [0.2, 0.25) is 0 Å². The molecule has 0 amide bonds. The fourth-order valence-electron chi connectivity index (χ4n) is 2.86. The second kappa shape index (κ2) is 6.19. The van der Waals surface area contributed by atoms with Gasteiger partial charge in [-0.3, -0.25) is 0 Å². The number of hydrogen-bond acceptors (Lipinski definition) is 2. The lowest BCUT2D eigenvalue weighted by molar-refractivity contribution is 0.262. The van der Waals surface area contributed by atoms with Gasteiger partial charge in [-0.15, -0.1) is 0 Å². The maximum absolute atomic E-state index is 12.9. The first kappa shape index (κ1) is 13.3. The standard InChI is InChI=1S/C15H22FNO/c1-11-10-13(16)6-7-15(11)18-9-8-12-4-3-5-14(12)17-2/h6-7,10,12,14,17H,3-5,8-9H2,1-2H3. The van der Waals surface area contributed by atoms with Gasteiger partial charge in [-0.2, -0.15) is 0 Å². The highest BCUT2D eigenvalue weighted by molar-refractivity contribution is 5.32. The minimum absolute atomic E-state index is 0.203. The third-order valence-electron chi connectivity index (χ3n) is 3.91. The predicted molar refractivity (Wildman–Crippen MR) is 71.4 cm³/mol. The van der Waals surface area contributed by atoms with Crippen molar-refractivity contribution < 1.29 is 9.13 Å². The Balaban J connectivity index is 1.81. The first-order chi connectivity index (χ1) is 8.70. The molecule has 0 spiro atoms. The van der Waals surface area contributed by atoms with E-state index in [0.717, 1.165) is 30.3 Å². The van der Waals surface area contributed by atoms with Crippen LogP contribution in [-0.4, -0.2) is 19.7 Å². The van der Waals surface area contributed by atoms with Crippen LogP contribution in [0.5, 0.6) is 5.75 Å². The molecule has 0 aliphatic heterocycles. The molecule has 0 bridgehead atoms. The van der Waals surface area contributed by atoms with Crippen LogP contribution in [-0.2, 0) is 0 Å². The minimum Gasteiger partial charge on any atom is -0.493 e. The average Bonchev–Trinajstić information content (AvgIpc) is 2.79. The highest BCUT2D eigenvalue weighted by Gasteiger charge is 2.25. The van der Waals surface area contributed by atoms with Crippen LogP contribution in [0.4, 0.5) is 4.39 Å². The minimum atomic E-state index is -0.203. The van der Waals surface area contributed by atoms with Gasteiger partial charge >= 0.3 is 0 Å². The zero-order valence-corrected chi connectivity index (χ0v) is 11.2. The number of nitrogens with one attached hydrogen (secondary N) is 1. The second-order valence-electron chi connectivity index (χ2n) is 5.13. The zero-order valence-electron chi connectivity index (χ0n) is 11.2. The zero-order chi connectivity index (χ0) is 13.0. The van der Waals surface area contributed by atoms with Gasteiger partial charge in [0.25, 0.3) is 0 Å². The van der Waals surface area contributed by atoms with E-state index in [-0.39, 0.29) is 5.82 Å². The Hall–Kier alpha value is -1.09. The predicted octanol–water partition coefficient (Wildman–Crippen LogP) is 3.29. The van der Waals surface area contributed by atoms with E-state index in [9.17, 15) is 4.39 Å². The monoisotopic (exact) mass is 251 g/mol. The van der Waals surface area contributed by atoms with Gasteiger partial charge in [0.1, 0.15) is 11.6 Å². The summed E-state index contributed by atoms with van der Waals surface area (Å²) in [5.41, 5.74) is 0.867. The van der Waals surface area contributed by atoms with Crippen molar-refractivity contribution in [3.63, 3.8) is 0 Å². The third kappa shape index (κ3) is 3.22. The SMILES string of the molecule is CNC1CCCC1CCOc1ccc(F)cc1C. The normalized spacial score (nSPS) is 23.3. The number of ether oxygens (including phenoxy) is 1. The van der Waals surface area contributed by atoms with E-state index in [4.69, 9.17) is 4.74 Å². The summed E-state index contributed by atoms with van der Waals surface area (Å²) in [5.74, 6) is 1.32. The van der Waals surface area contributed by atoms with E-state index in [1.807, 2.05) is 14.0 Å². The Morgan fingerprint density at radius 3 is 2.94 bits per heavy atom. The van der Waals surface area contributed by atoms with Crippen molar-refractivity contribution in [2.24, 2.45) is 5.92 Å². The van der Waals surface area contributed by atoms with E-state index in [1.165, 1.54) is 31.4 Å². The summed E-state index contributed by atoms with van der Waals surface area (Å²) < 4.78 is 18.7. The summed E-state index contributed by atoms with van der Waals surface area (Å²) >= 11 is 0. The fraction of sp³-hybridized carbons (Fsp3) is 0.600. The van der Waals surface area contributed by atoms with E-state index in [0.29, 0.717) is 6.04 Å². The van der Waals surface area contributed by atoms with Crippen molar-refractivity contribution in [1.29, 1.82) is 0 Å². The molecule has 1 fully saturated rings. The molecule has 100 valence electrons. The van der Waals surface area contributed by atoms with Gasteiger partial charge in [0.15, 0.2) is 0 Å². The van der Waals surface area contributed by atoms with Crippen molar-refractivity contribution in [3.05, 3.63) is 29.6 Å². The molecule has 1 aromatic rings. The van der Waals surface area contributed by atoms with Crippen LogP contribution in [0.3, 0.4) is 0 Å². The average molecular weight is 251 g/mol. The molecule has 0 aromatic heterocycles. The van der Waals surface area contributed by atoms with E-state index in [2.05, 4.69) is 5.32 Å². The summed E-state index contributed by atoms with van der Waals surface area (Å²) in [5, 5.41) is 3.38. The van der Waals surface area contributed by atoms with Crippen molar-refractivity contribution >= 4 is 0 Å². The molecule has 0 saturated heterocycles. The molecule has 0 radical (unpaired) electrons. The molecule has 18 heavy (non-hydrogen) atoms. The molecule has 1 aliphatic rings. The van der Waals surface area contributed by atoms with E-state index >= 15 is 0 Å². The lowest BCUT2D eigenvalue weighted by Crippen LogP contribution is -2.29. The van der Waals surface area contributed by atoms with Crippen molar-refractivity contribution in [3.8, 4) is 5.75 Å². The van der Waals surface area contributed by atoms with Gasteiger partial charge in [0.05, 0.1) is 6.61 Å². The van der Waals surface area contributed by atoms with Crippen LogP contribution < -0.4 is 10.1 Å². The topological polar surface area (TPSA) is 21.3 Å². The fourth-order valence-corrected chi connectivity index (χ4v) is 2.86. The maximum Gasteiger partial charge on any atom is 0.123 e. The Morgan fingerprint density at radius 2 is 2.22 bits per heavy atom. The molecule has 2 rings (SSSR count). The molecule has 2 atom stereocenters. The lowest BCUT2D eigenvalue weighted by Gasteiger charge is -2.19. The van der Waals surface area contributed by atoms with Gasteiger partial charge in [-0.25, -0.2) is 4.39 Å². The quantitative estimate of drug-likeness (QED) is 0.867. The second-order valence-corrected chi connectivity index (χ2v) is 5.13. The Bertz CT molecular complexity index is 394. The molecule has 1 saturated carbocycles. The first-order valence-corrected chi connectivity index (χ1v) is 6.77. The summed E-state index contributed by atoms with van der Waals surface area (Å²) in [7, 11) is 2.04. The van der Waals surface area contributed by atoms with Gasteiger partial charge in [-0.1, -0.05) is 6.42 Å². The van der Waals surface area contributed by atoms with Crippen molar-refractivity contribution in [2.75, 3.05) is 13.7 Å². The number of hydrogen-bond donors (Lipinski definition) is 1. The maximum atomic E-state index is 12.9. The van der Waals surface area contributed by atoms with Crippen LogP contribution in [0, 0.1) is 18.7 Å². The number of halogens is 1. The van der Waals surface area contributed by atoms with Crippen LogP contribution in [0.2, 0.25) is 0 Å². The molecule has 1 N–H and O–H groups in total. The summed E-state index contributed by atoms with van der Waals surface area (Å²) in [6.45, 7) is 2.60. The molecule has 2 unspecified atom stereocenters. The molecular weight excluding hydrogens is 229 g/mol. The Labute approximate surface area is 109 Å². The summed E-state index contributed by atoms with van der Waals surface area (Å²) in [6, 6.07) is 5.33. The lowest BCUT2D eigenvalue weighted by atomic mass is 10.0. The molecule has 2 nitrogen and oxygen atoms in total. The highest BCUT2D eigenvalue weighted by atomic mass is 19.1. The molecule has 1 aromatic carbocycles. The Morgan fingerprint density at radius 1 is 1.39 bits per heavy atom. The van der Waals surface area contributed by atoms with E-state index < -0.39 is 0 Å². The van der Waals surface area contributed by atoms with E-state index in [1.54, 1.807) is 6.07 Å². The Kier molecular flexibility index (Phi) is 4.59.